The van der Waals surface area contributed by atoms with Crippen molar-refractivity contribution < 1.29 is 9.53 Å². The smallest absolute Gasteiger partial charge is 0.200 e. The lowest BCUT2D eigenvalue weighted by Gasteiger charge is -2.08. The van der Waals surface area contributed by atoms with E-state index in [1.807, 2.05) is 42.5 Å². The molecule has 0 saturated heterocycles. The second kappa shape index (κ2) is 6.06. The predicted octanol–water partition coefficient (Wildman–Crippen LogP) is 4.26. The van der Waals surface area contributed by atoms with Crippen LogP contribution >= 0.6 is 15.9 Å². The molecule has 0 unspecified atom stereocenters. The van der Waals surface area contributed by atoms with Crippen molar-refractivity contribution in [1.29, 1.82) is 0 Å². The molecule has 4 heteroatoms. The van der Waals surface area contributed by atoms with Crippen molar-refractivity contribution in [2.45, 2.75) is 0 Å². The lowest BCUT2D eigenvalue weighted by molar-refractivity contribution is 0.0922. The predicted molar refractivity (Wildman–Crippen MR) is 85.7 cm³/mol. The fourth-order valence-electron chi connectivity index (χ4n) is 2.08. The van der Waals surface area contributed by atoms with Gasteiger partial charge in [-0.15, -0.1) is 0 Å². The fraction of sp³-hybridized carbons (Fsp3) is 0.0588. The van der Waals surface area contributed by atoms with Gasteiger partial charge in [-0.1, -0.05) is 46.3 Å². The van der Waals surface area contributed by atoms with Crippen molar-refractivity contribution in [3.05, 3.63) is 70.8 Å². The Morgan fingerprint density at radius 2 is 1.90 bits per heavy atom. The number of aromatic nitrogens is 1. The van der Waals surface area contributed by atoms with E-state index in [-0.39, 0.29) is 12.4 Å². The van der Waals surface area contributed by atoms with E-state index in [1.165, 1.54) is 0 Å². The van der Waals surface area contributed by atoms with Crippen LogP contribution in [0.15, 0.2) is 65.3 Å². The topological polar surface area (TPSA) is 39.2 Å². The molecule has 0 N–H and O–H groups in total. The summed E-state index contributed by atoms with van der Waals surface area (Å²) in [6.07, 6.45) is 1.71. The molecule has 0 atom stereocenters. The van der Waals surface area contributed by atoms with E-state index >= 15 is 0 Å². The molecule has 3 rings (SSSR count). The van der Waals surface area contributed by atoms with Crippen LogP contribution in [0.5, 0.6) is 5.75 Å². The minimum atomic E-state index is -0.0655. The third-order valence-electron chi connectivity index (χ3n) is 3.10. The van der Waals surface area contributed by atoms with Crippen LogP contribution in [-0.4, -0.2) is 17.4 Å². The number of carbonyl (C=O) groups excluding carboxylic acids is 1. The summed E-state index contributed by atoms with van der Waals surface area (Å²) in [5, 5.41) is 0.991. The number of halogens is 1. The van der Waals surface area contributed by atoms with Crippen LogP contribution in [0.3, 0.4) is 0 Å². The van der Waals surface area contributed by atoms with Crippen molar-refractivity contribution >= 4 is 32.6 Å². The second-order valence-electron chi connectivity index (χ2n) is 4.55. The van der Waals surface area contributed by atoms with Gasteiger partial charge in [0.05, 0.1) is 0 Å². The van der Waals surface area contributed by atoms with Crippen LogP contribution in [0.1, 0.15) is 10.4 Å². The van der Waals surface area contributed by atoms with Gasteiger partial charge in [-0.25, -0.2) is 0 Å². The number of Topliss-reactive ketones (excluding diaryl/α,β-unsaturated/α-hetero) is 1. The molecular weight excluding hydrogens is 330 g/mol. The number of fused-ring (bicyclic) bond motifs is 1. The van der Waals surface area contributed by atoms with E-state index in [2.05, 4.69) is 20.9 Å². The van der Waals surface area contributed by atoms with Crippen molar-refractivity contribution in [1.82, 2.24) is 4.98 Å². The summed E-state index contributed by atoms with van der Waals surface area (Å²) in [7, 11) is 0. The number of carbonyl (C=O) groups is 1. The molecule has 2 aromatic carbocycles. The number of rotatable bonds is 4. The number of hydrogen-bond donors (Lipinski definition) is 0. The summed E-state index contributed by atoms with van der Waals surface area (Å²) in [6.45, 7) is -0.00780. The Labute approximate surface area is 130 Å². The molecule has 0 amide bonds. The zero-order chi connectivity index (χ0) is 14.7. The molecule has 3 nitrogen and oxygen atoms in total. The van der Waals surface area contributed by atoms with E-state index < -0.39 is 0 Å². The molecule has 0 radical (unpaired) electrons. The number of ketones is 1. The quantitative estimate of drug-likeness (QED) is 0.665. The lowest BCUT2D eigenvalue weighted by atomic mass is 10.1. The maximum Gasteiger partial charge on any atom is 0.200 e. The molecule has 0 saturated carbocycles. The van der Waals surface area contributed by atoms with Gasteiger partial charge in [-0.2, -0.15) is 0 Å². The van der Waals surface area contributed by atoms with Crippen LogP contribution in [0.4, 0.5) is 0 Å². The fourth-order valence-corrected chi connectivity index (χ4v) is 2.48. The zero-order valence-corrected chi connectivity index (χ0v) is 12.7. The third kappa shape index (κ3) is 3.11. The highest BCUT2D eigenvalue weighted by Crippen LogP contribution is 2.23. The summed E-state index contributed by atoms with van der Waals surface area (Å²) in [4.78, 5) is 16.4. The van der Waals surface area contributed by atoms with Crippen LogP contribution in [0.25, 0.3) is 10.9 Å². The van der Waals surface area contributed by atoms with Crippen molar-refractivity contribution in [2.75, 3.05) is 6.61 Å². The van der Waals surface area contributed by atoms with Gasteiger partial charge in [0, 0.05) is 21.6 Å². The molecule has 0 aliphatic rings. The highest BCUT2D eigenvalue weighted by molar-refractivity contribution is 9.10. The molecular formula is C17H12BrNO2. The Morgan fingerprint density at radius 3 is 2.76 bits per heavy atom. The molecule has 0 aliphatic heterocycles. The van der Waals surface area contributed by atoms with Crippen molar-refractivity contribution in [2.24, 2.45) is 0 Å². The zero-order valence-electron chi connectivity index (χ0n) is 11.1. The van der Waals surface area contributed by atoms with Crippen LogP contribution in [0, 0.1) is 0 Å². The Hall–Kier alpha value is -2.20. The monoisotopic (exact) mass is 341 g/mol. The Bertz CT molecular complexity index is 796. The summed E-state index contributed by atoms with van der Waals surface area (Å²) >= 11 is 3.36. The van der Waals surface area contributed by atoms with Gasteiger partial charge in [0.15, 0.2) is 12.4 Å². The van der Waals surface area contributed by atoms with Crippen LogP contribution in [-0.2, 0) is 0 Å². The van der Waals surface area contributed by atoms with Gasteiger partial charge in [0.2, 0.25) is 0 Å². The van der Waals surface area contributed by atoms with Gasteiger partial charge < -0.3 is 4.74 Å². The number of para-hydroxylation sites is 1. The lowest BCUT2D eigenvalue weighted by Crippen LogP contribution is -2.11. The average molecular weight is 342 g/mol. The first-order chi connectivity index (χ1) is 10.2. The SMILES string of the molecule is O=C(COc1cccc2cccnc12)c1cccc(Br)c1. The Balaban J connectivity index is 1.79. The van der Waals surface area contributed by atoms with Crippen molar-refractivity contribution in [3.8, 4) is 5.75 Å². The highest BCUT2D eigenvalue weighted by atomic mass is 79.9. The first-order valence-electron chi connectivity index (χ1n) is 6.49. The van der Waals surface area contributed by atoms with Crippen LogP contribution < -0.4 is 4.74 Å². The summed E-state index contributed by atoms with van der Waals surface area (Å²) in [6, 6.07) is 16.8. The largest absolute Gasteiger partial charge is 0.483 e. The van der Waals surface area contributed by atoms with E-state index in [0.29, 0.717) is 11.3 Å². The number of pyridine rings is 1. The molecule has 1 heterocycles. The minimum Gasteiger partial charge on any atom is -0.483 e. The molecule has 0 aliphatic carbocycles. The maximum absolute atomic E-state index is 12.1. The molecule has 21 heavy (non-hydrogen) atoms. The number of hydrogen-bond acceptors (Lipinski definition) is 3. The average Bonchev–Trinajstić information content (AvgIpc) is 2.52. The Kier molecular flexibility index (Phi) is 3.97. The minimum absolute atomic E-state index is 0.00780. The number of nitrogens with zero attached hydrogens (tertiary/aromatic N) is 1. The first kappa shape index (κ1) is 13.8. The van der Waals surface area contributed by atoms with E-state index in [0.717, 1.165) is 15.4 Å². The van der Waals surface area contributed by atoms with Gasteiger partial charge in [-0.05, 0) is 24.3 Å². The van der Waals surface area contributed by atoms with E-state index in [1.54, 1.807) is 18.3 Å². The van der Waals surface area contributed by atoms with Crippen molar-refractivity contribution in [3.63, 3.8) is 0 Å². The third-order valence-corrected chi connectivity index (χ3v) is 3.59. The second-order valence-corrected chi connectivity index (χ2v) is 5.47. The first-order valence-corrected chi connectivity index (χ1v) is 7.28. The molecule has 1 aromatic heterocycles. The maximum atomic E-state index is 12.1. The molecule has 0 fully saturated rings. The van der Waals surface area contributed by atoms with Gasteiger partial charge in [-0.3, -0.25) is 9.78 Å². The van der Waals surface area contributed by atoms with E-state index in [4.69, 9.17) is 4.74 Å². The number of ether oxygens (including phenoxy) is 1. The normalized spacial score (nSPS) is 10.5. The van der Waals surface area contributed by atoms with Crippen LogP contribution in [0.2, 0.25) is 0 Å². The highest BCUT2D eigenvalue weighted by Gasteiger charge is 2.09. The molecule has 0 bridgehead atoms. The van der Waals surface area contributed by atoms with E-state index in [9.17, 15) is 4.79 Å². The molecule has 3 aromatic rings. The van der Waals surface area contributed by atoms with Gasteiger partial charge in [0.1, 0.15) is 11.3 Å². The Morgan fingerprint density at radius 1 is 1.10 bits per heavy atom. The summed E-state index contributed by atoms with van der Waals surface area (Å²) in [5.74, 6) is 0.556. The summed E-state index contributed by atoms with van der Waals surface area (Å²) in [5.41, 5.74) is 1.39. The van der Waals surface area contributed by atoms with Gasteiger partial charge >= 0.3 is 0 Å². The standard InChI is InChI=1S/C17H12BrNO2/c18-14-7-1-5-13(10-14)15(20)11-21-16-8-2-4-12-6-3-9-19-17(12)16/h1-10H,11H2. The van der Waals surface area contributed by atoms with Gasteiger partial charge in [0.25, 0.3) is 0 Å². The molecule has 104 valence electrons. The number of benzene rings is 2. The summed E-state index contributed by atoms with van der Waals surface area (Å²) < 4.78 is 6.52. The molecule has 0 spiro atoms.